The first-order valence-corrected chi connectivity index (χ1v) is 7.24. The number of ketones is 1. The Hall–Kier alpha value is -1.32. The molecular weight excluding hydrogens is 265 g/mol. The van der Waals surface area contributed by atoms with E-state index in [1.807, 2.05) is 0 Å². The molecule has 0 amide bonds. The Balaban J connectivity index is 2.35. The number of benzene rings is 1. The third kappa shape index (κ3) is 4.99. The van der Waals surface area contributed by atoms with Crippen molar-refractivity contribution in [3.05, 3.63) is 35.1 Å². The fraction of sp³-hybridized carbons (Fsp3) is 0.562. The third-order valence-corrected chi connectivity index (χ3v) is 3.34. The van der Waals surface area contributed by atoms with E-state index in [9.17, 15) is 18.0 Å². The standard InChI is InChI=1S/C16H21F3O/c1-2-3-4-5-6-7-8-9-14(20)12-10-11-13(17)16(19)15(12)18/h10-11H,2-9H2,1H3. The Bertz CT molecular complexity index is 444. The monoisotopic (exact) mass is 286 g/mol. The molecule has 0 radical (unpaired) electrons. The van der Waals surface area contributed by atoms with Crippen LogP contribution in [0.15, 0.2) is 12.1 Å². The summed E-state index contributed by atoms with van der Waals surface area (Å²) in [5, 5.41) is 0. The van der Waals surface area contributed by atoms with E-state index < -0.39 is 23.2 Å². The first-order valence-electron chi connectivity index (χ1n) is 7.24. The normalized spacial score (nSPS) is 10.8. The van der Waals surface area contributed by atoms with Crippen molar-refractivity contribution < 1.29 is 18.0 Å². The van der Waals surface area contributed by atoms with Crippen LogP contribution in [0.4, 0.5) is 13.2 Å². The predicted molar refractivity (Wildman–Crippen MR) is 73.3 cm³/mol. The summed E-state index contributed by atoms with van der Waals surface area (Å²) >= 11 is 0. The lowest BCUT2D eigenvalue weighted by Gasteiger charge is -2.04. The first kappa shape index (κ1) is 16.7. The highest BCUT2D eigenvalue weighted by Crippen LogP contribution is 2.18. The molecule has 0 aliphatic heterocycles. The van der Waals surface area contributed by atoms with Crippen LogP contribution in [-0.4, -0.2) is 5.78 Å². The number of carbonyl (C=O) groups is 1. The first-order chi connectivity index (χ1) is 9.57. The van der Waals surface area contributed by atoms with E-state index in [4.69, 9.17) is 0 Å². The van der Waals surface area contributed by atoms with Crippen LogP contribution in [0, 0.1) is 17.5 Å². The Kier molecular flexibility index (Phi) is 7.34. The fourth-order valence-electron chi connectivity index (χ4n) is 2.12. The van der Waals surface area contributed by atoms with Crippen LogP contribution >= 0.6 is 0 Å². The molecule has 1 aromatic carbocycles. The van der Waals surface area contributed by atoms with Crippen molar-refractivity contribution in [1.29, 1.82) is 0 Å². The molecule has 0 aromatic heterocycles. The summed E-state index contributed by atoms with van der Waals surface area (Å²) < 4.78 is 39.2. The highest BCUT2D eigenvalue weighted by Gasteiger charge is 2.18. The smallest absolute Gasteiger partial charge is 0.195 e. The van der Waals surface area contributed by atoms with Gasteiger partial charge in [0.1, 0.15) is 0 Å². The van der Waals surface area contributed by atoms with Gasteiger partial charge in [-0.2, -0.15) is 0 Å². The lowest BCUT2D eigenvalue weighted by Crippen LogP contribution is -2.05. The molecular formula is C16H21F3O. The Labute approximate surface area is 118 Å². The Morgan fingerprint density at radius 2 is 1.50 bits per heavy atom. The van der Waals surface area contributed by atoms with Gasteiger partial charge in [-0.1, -0.05) is 45.4 Å². The molecule has 0 unspecified atom stereocenters. The lowest BCUT2D eigenvalue weighted by atomic mass is 10.0. The summed E-state index contributed by atoms with van der Waals surface area (Å²) in [6.45, 7) is 2.15. The lowest BCUT2D eigenvalue weighted by molar-refractivity contribution is 0.0974. The quantitative estimate of drug-likeness (QED) is 0.336. The zero-order valence-electron chi connectivity index (χ0n) is 11.9. The second-order valence-electron chi connectivity index (χ2n) is 5.02. The SMILES string of the molecule is CCCCCCCCCC(=O)c1ccc(F)c(F)c1F. The molecule has 1 nitrogen and oxygen atoms in total. The largest absolute Gasteiger partial charge is 0.294 e. The van der Waals surface area contributed by atoms with E-state index in [2.05, 4.69) is 6.92 Å². The minimum Gasteiger partial charge on any atom is -0.294 e. The maximum atomic E-state index is 13.4. The number of rotatable bonds is 9. The van der Waals surface area contributed by atoms with Crippen molar-refractivity contribution >= 4 is 5.78 Å². The van der Waals surface area contributed by atoms with Crippen molar-refractivity contribution in [2.45, 2.75) is 58.3 Å². The van der Waals surface area contributed by atoms with Crippen LogP contribution in [0.3, 0.4) is 0 Å². The molecule has 0 saturated carbocycles. The molecule has 0 heterocycles. The van der Waals surface area contributed by atoms with Gasteiger partial charge in [-0.15, -0.1) is 0 Å². The summed E-state index contributed by atoms with van der Waals surface area (Å²) in [6, 6.07) is 1.80. The van der Waals surface area contributed by atoms with Crippen molar-refractivity contribution in [1.82, 2.24) is 0 Å². The van der Waals surface area contributed by atoms with Crippen LogP contribution in [0.1, 0.15) is 68.6 Å². The Morgan fingerprint density at radius 3 is 2.15 bits per heavy atom. The van der Waals surface area contributed by atoms with Crippen LogP contribution in [0.25, 0.3) is 0 Å². The number of halogens is 3. The summed E-state index contributed by atoms with van der Waals surface area (Å²) in [6.07, 6.45) is 7.53. The molecule has 0 N–H and O–H groups in total. The average molecular weight is 286 g/mol. The van der Waals surface area contributed by atoms with E-state index in [1.54, 1.807) is 0 Å². The molecule has 112 valence electrons. The third-order valence-electron chi connectivity index (χ3n) is 3.34. The van der Waals surface area contributed by atoms with Crippen molar-refractivity contribution in [3.63, 3.8) is 0 Å². The van der Waals surface area contributed by atoms with Gasteiger partial charge in [0, 0.05) is 6.42 Å². The van der Waals surface area contributed by atoms with Crippen LogP contribution in [-0.2, 0) is 0 Å². The Morgan fingerprint density at radius 1 is 0.900 bits per heavy atom. The van der Waals surface area contributed by atoms with Gasteiger partial charge in [0.2, 0.25) is 0 Å². The molecule has 1 aromatic rings. The summed E-state index contributed by atoms with van der Waals surface area (Å²) in [5.41, 5.74) is -0.352. The maximum absolute atomic E-state index is 13.4. The number of carbonyl (C=O) groups excluding carboxylic acids is 1. The van der Waals surface area contributed by atoms with Gasteiger partial charge in [-0.3, -0.25) is 4.79 Å². The van der Waals surface area contributed by atoms with Crippen LogP contribution < -0.4 is 0 Å². The second-order valence-corrected chi connectivity index (χ2v) is 5.02. The predicted octanol–water partition coefficient (Wildman–Crippen LogP) is 5.43. The molecule has 0 aliphatic rings. The molecule has 1 rings (SSSR count). The van der Waals surface area contributed by atoms with E-state index >= 15 is 0 Å². The topological polar surface area (TPSA) is 17.1 Å². The number of unbranched alkanes of at least 4 members (excludes halogenated alkanes) is 6. The fourth-order valence-corrected chi connectivity index (χ4v) is 2.12. The number of hydrogen-bond acceptors (Lipinski definition) is 1. The summed E-state index contributed by atoms with van der Waals surface area (Å²) in [5.74, 6) is -4.68. The van der Waals surface area contributed by atoms with Gasteiger partial charge in [-0.05, 0) is 18.6 Å². The summed E-state index contributed by atoms with van der Waals surface area (Å²) in [4.78, 5) is 11.7. The molecule has 0 bridgehead atoms. The van der Waals surface area contributed by atoms with E-state index in [-0.39, 0.29) is 12.0 Å². The number of hydrogen-bond donors (Lipinski definition) is 0. The molecule has 0 fully saturated rings. The van der Waals surface area contributed by atoms with E-state index in [0.29, 0.717) is 6.42 Å². The zero-order chi connectivity index (χ0) is 15.0. The molecule has 20 heavy (non-hydrogen) atoms. The molecule has 0 atom stereocenters. The average Bonchev–Trinajstić information content (AvgIpc) is 2.43. The van der Waals surface area contributed by atoms with Crippen LogP contribution in [0.2, 0.25) is 0 Å². The van der Waals surface area contributed by atoms with Gasteiger partial charge in [0.05, 0.1) is 5.56 Å². The molecule has 0 saturated heterocycles. The van der Waals surface area contributed by atoms with E-state index in [0.717, 1.165) is 31.4 Å². The molecule has 0 spiro atoms. The minimum atomic E-state index is -1.57. The van der Waals surface area contributed by atoms with E-state index in [1.165, 1.54) is 19.3 Å². The molecule has 4 heteroatoms. The zero-order valence-corrected chi connectivity index (χ0v) is 11.9. The van der Waals surface area contributed by atoms with Gasteiger partial charge in [-0.25, -0.2) is 13.2 Å². The van der Waals surface area contributed by atoms with Gasteiger partial charge in [0.15, 0.2) is 23.2 Å². The van der Waals surface area contributed by atoms with Gasteiger partial charge >= 0.3 is 0 Å². The van der Waals surface area contributed by atoms with Crippen molar-refractivity contribution in [3.8, 4) is 0 Å². The van der Waals surface area contributed by atoms with Crippen molar-refractivity contribution in [2.24, 2.45) is 0 Å². The van der Waals surface area contributed by atoms with Crippen LogP contribution in [0.5, 0.6) is 0 Å². The second kappa shape index (κ2) is 8.77. The highest BCUT2D eigenvalue weighted by molar-refractivity contribution is 5.96. The minimum absolute atomic E-state index is 0.176. The molecule has 0 aliphatic carbocycles. The maximum Gasteiger partial charge on any atom is 0.195 e. The van der Waals surface area contributed by atoms with Crippen molar-refractivity contribution in [2.75, 3.05) is 0 Å². The summed E-state index contributed by atoms with van der Waals surface area (Å²) in [7, 11) is 0. The number of Topliss-reactive ketones (excluding diaryl/α,β-unsaturated/α-hetero) is 1. The van der Waals surface area contributed by atoms with Gasteiger partial charge < -0.3 is 0 Å². The van der Waals surface area contributed by atoms with Gasteiger partial charge in [0.25, 0.3) is 0 Å². The highest BCUT2D eigenvalue weighted by atomic mass is 19.2.